The van der Waals surface area contributed by atoms with Gasteiger partial charge >= 0.3 is 0 Å². The Morgan fingerprint density at radius 2 is 2.07 bits per heavy atom. The van der Waals surface area contributed by atoms with Crippen LogP contribution in [0.3, 0.4) is 0 Å². The Morgan fingerprint density at radius 3 is 2.87 bits per heavy atom. The largest absolute Gasteiger partial charge is 0.295 e. The van der Waals surface area contributed by atoms with E-state index in [2.05, 4.69) is 6.58 Å². The molecule has 1 heteroatoms. The van der Waals surface area contributed by atoms with Gasteiger partial charge in [0.1, 0.15) is 0 Å². The lowest BCUT2D eigenvalue weighted by atomic mass is 9.74. The van der Waals surface area contributed by atoms with Gasteiger partial charge in [-0.05, 0) is 56.4 Å². The molecular formula is C14H20O. The maximum absolute atomic E-state index is 11.9. The van der Waals surface area contributed by atoms with Gasteiger partial charge < -0.3 is 0 Å². The van der Waals surface area contributed by atoms with E-state index in [1.807, 2.05) is 6.08 Å². The molecule has 1 unspecified atom stereocenters. The predicted octanol–water partition coefficient (Wildman–Crippen LogP) is 3.80. The molecule has 0 bridgehead atoms. The zero-order valence-electron chi connectivity index (χ0n) is 9.43. The predicted molar refractivity (Wildman–Crippen MR) is 62.7 cm³/mol. The molecule has 1 atom stereocenters. The van der Waals surface area contributed by atoms with Gasteiger partial charge in [0.15, 0.2) is 5.78 Å². The van der Waals surface area contributed by atoms with Crippen molar-refractivity contribution < 1.29 is 4.79 Å². The zero-order chi connectivity index (χ0) is 10.7. The number of rotatable bonds is 3. The third-order valence-corrected chi connectivity index (χ3v) is 3.72. The molecule has 0 fully saturated rings. The minimum absolute atomic E-state index is 0.449. The second-order valence-corrected chi connectivity index (χ2v) is 4.75. The first kappa shape index (κ1) is 10.7. The summed E-state index contributed by atoms with van der Waals surface area (Å²) in [5.74, 6) is 1.00. The molecule has 0 aliphatic heterocycles. The first-order valence-electron chi connectivity index (χ1n) is 6.19. The van der Waals surface area contributed by atoms with E-state index in [4.69, 9.17) is 0 Å². The highest BCUT2D eigenvalue weighted by atomic mass is 16.1. The quantitative estimate of drug-likeness (QED) is 0.639. The molecular weight excluding hydrogens is 184 g/mol. The molecule has 0 spiro atoms. The third kappa shape index (κ3) is 2.22. The number of hydrogen-bond acceptors (Lipinski definition) is 1. The summed E-state index contributed by atoms with van der Waals surface area (Å²) in [7, 11) is 0. The van der Waals surface area contributed by atoms with Crippen molar-refractivity contribution in [2.75, 3.05) is 0 Å². The van der Waals surface area contributed by atoms with Gasteiger partial charge in [-0.25, -0.2) is 0 Å². The number of carbonyl (C=O) groups excluding carboxylic acids is 1. The molecule has 0 aromatic rings. The molecule has 0 radical (unpaired) electrons. The third-order valence-electron chi connectivity index (χ3n) is 3.72. The van der Waals surface area contributed by atoms with Gasteiger partial charge in [-0.3, -0.25) is 4.79 Å². The van der Waals surface area contributed by atoms with Crippen molar-refractivity contribution in [2.45, 2.75) is 51.4 Å². The smallest absolute Gasteiger partial charge is 0.159 e. The summed E-state index contributed by atoms with van der Waals surface area (Å²) in [5.41, 5.74) is 2.72. The summed E-state index contributed by atoms with van der Waals surface area (Å²) in [6.45, 7) is 3.77. The zero-order valence-corrected chi connectivity index (χ0v) is 9.43. The van der Waals surface area contributed by atoms with E-state index in [1.165, 1.54) is 36.8 Å². The topological polar surface area (TPSA) is 17.1 Å². The summed E-state index contributed by atoms with van der Waals surface area (Å²) in [4.78, 5) is 11.9. The molecule has 82 valence electrons. The van der Waals surface area contributed by atoms with Gasteiger partial charge in [-0.15, -0.1) is 6.58 Å². The van der Waals surface area contributed by atoms with Crippen LogP contribution in [0, 0.1) is 5.92 Å². The Bertz CT molecular complexity index is 294. The summed E-state index contributed by atoms with van der Waals surface area (Å²) in [5, 5.41) is 0. The van der Waals surface area contributed by atoms with Crippen molar-refractivity contribution in [1.82, 2.24) is 0 Å². The first-order valence-corrected chi connectivity index (χ1v) is 6.19. The van der Waals surface area contributed by atoms with Crippen LogP contribution in [0.4, 0.5) is 0 Å². The van der Waals surface area contributed by atoms with Gasteiger partial charge in [0.25, 0.3) is 0 Å². The first-order chi connectivity index (χ1) is 7.33. The lowest BCUT2D eigenvalue weighted by Gasteiger charge is -2.30. The highest BCUT2D eigenvalue weighted by Gasteiger charge is 2.29. The van der Waals surface area contributed by atoms with Crippen LogP contribution in [-0.4, -0.2) is 5.78 Å². The number of Topliss-reactive ketones (excluding diaryl/α,β-unsaturated/α-hetero) is 1. The molecule has 0 aromatic carbocycles. The van der Waals surface area contributed by atoms with Crippen LogP contribution < -0.4 is 0 Å². The van der Waals surface area contributed by atoms with Crippen molar-refractivity contribution in [3.05, 3.63) is 23.8 Å². The van der Waals surface area contributed by atoms with Crippen molar-refractivity contribution in [3.63, 3.8) is 0 Å². The van der Waals surface area contributed by atoms with E-state index in [1.54, 1.807) is 0 Å². The van der Waals surface area contributed by atoms with E-state index in [-0.39, 0.29) is 0 Å². The maximum atomic E-state index is 11.9. The van der Waals surface area contributed by atoms with E-state index < -0.39 is 0 Å². The molecule has 2 aliphatic carbocycles. The number of hydrogen-bond donors (Lipinski definition) is 0. The minimum atomic E-state index is 0.449. The molecule has 0 heterocycles. The molecule has 0 saturated carbocycles. The summed E-state index contributed by atoms with van der Waals surface area (Å²) >= 11 is 0. The Labute approximate surface area is 92.3 Å². The Balaban J connectivity index is 2.16. The van der Waals surface area contributed by atoms with Crippen molar-refractivity contribution in [3.8, 4) is 0 Å². The standard InChI is InChI=1S/C14H20O/c1-2-3-6-11-7-4-8-12-9-5-10-13(15)14(11)12/h2,11H,1,3-10H2. The minimum Gasteiger partial charge on any atom is -0.295 e. The molecule has 2 rings (SSSR count). The van der Waals surface area contributed by atoms with Crippen LogP contribution in [0.15, 0.2) is 23.8 Å². The van der Waals surface area contributed by atoms with Gasteiger partial charge in [0, 0.05) is 6.42 Å². The van der Waals surface area contributed by atoms with Gasteiger partial charge in [-0.2, -0.15) is 0 Å². The molecule has 1 nitrogen and oxygen atoms in total. The fourth-order valence-corrected chi connectivity index (χ4v) is 3.02. The van der Waals surface area contributed by atoms with Crippen LogP contribution in [0.25, 0.3) is 0 Å². The van der Waals surface area contributed by atoms with E-state index in [0.29, 0.717) is 11.7 Å². The molecule has 0 N–H and O–H groups in total. The Kier molecular flexibility index (Phi) is 3.40. The highest BCUT2D eigenvalue weighted by Crippen LogP contribution is 2.39. The van der Waals surface area contributed by atoms with Crippen LogP contribution in [-0.2, 0) is 4.79 Å². The Hall–Kier alpha value is -0.850. The monoisotopic (exact) mass is 204 g/mol. The summed E-state index contributed by atoms with van der Waals surface area (Å²) in [6.07, 6.45) is 10.9. The fourth-order valence-electron chi connectivity index (χ4n) is 3.02. The van der Waals surface area contributed by atoms with Crippen LogP contribution in [0.5, 0.6) is 0 Å². The second-order valence-electron chi connectivity index (χ2n) is 4.75. The van der Waals surface area contributed by atoms with Gasteiger partial charge in [0.05, 0.1) is 0 Å². The lowest BCUT2D eigenvalue weighted by Crippen LogP contribution is -2.22. The average Bonchev–Trinajstić information content (AvgIpc) is 2.26. The molecule has 2 aliphatic rings. The van der Waals surface area contributed by atoms with E-state index in [9.17, 15) is 4.79 Å². The van der Waals surface area contributed by atoms with Crippen LogP contribution >= 0.6 is 0 Å². The fraction of sp³-hybridized carbons (Fsp3) is 0.643. The van der Waals surface area contributed by atoms with Crippen LogP contribution in [0.1, 0.15) is 51.4 Å². The van der Waals surface area contributed by atoms with Crippen LogP contribution in [0.2, 0.25) is 0 Å². The van der Waals surface area contributed by atoms with Crippen molar-refractivity contribution in [2.24, 2.45) is 5.92 Å². The average molecular weight is 204 g/mol. The Morgan fingerprint density at radius 1 is 1.27 bits per heavy atom. The molecule has 15 heavy (non-hydrogen) atoms. The van der Waals surface area contributed by atoms with Gasteiger partial charge in [-0.1, -0.05) is 11.6 Å². The highest BCUT2D eigenvalue weighted by molar-refractivity contribution is 5.97. The summed E-state index contributed by atoms with van der Waals surface area (Å²) in [6, 6.07) is 0. The molecule has 0 amide bonds. The second kappa shape index (κ2) is 4.78. The van der Waals surface area contributed by atoms with Gasteiger partial charge in [0.2, 0.25) is 0 Å². The van der Waals surface area contributed by atoms with E-state index >= 15 is 0 Å². The van der Waals surface area contributed by atoms with Crippen molar-refractivity contribution in [1.29, 1.82) is 0 Å². The normalized spacial score (nSPS) is 26.4. The van der Waals surface area contributed by atoms with Crippen molar-refractivity contribution >= 4 is 5.78 Å². The number of carbonyl (C=O) groups is 1. The number of allylic oxidation sites excluding steroid dienone is 3. The lowest BCUT2D eigenvalue weighted by molar-refractivity contribution is -0.116. The van der Waals surface area contributed by atoms with E-state index in [0.717, 1.165) is 25.7 Å². The maximum Gasteiger partial charge on any atom is 0.159 e. The SMILES string of the molecule is C=CCCC1CCCC2=C1C(=O)CCC2. The molecule has 0 saturated heterocycles. The molecule has 0 aromatic heterocycles. The summed E-state index contributed by atoms with van der Waals surface area (Å²) < 4.78 is 0. The number of ketones is 1.